The Morgan fingerprint density at radius 1 is 1.35 bits per heavy atom. The molecule has 0 atom stereocenters. The summed E-state index contributed by atoms with van der Waals surface area (Å²) >= 11 is 0. The van der Waals surface area contributed by atoms with E-state index in [1.165, 1.54) is 6.20 Å². The predicted octanol–water partition coefficient (Wildman–Crippen LogP) is 2.09. The summed E-state index contributed by atoms with van der Waals surface area (Å²) in [5.74, 6) is -0.814. The molecule has 1 aromatic carbocycles. The molecule has 0 aliphatic carbocycles. The van der Waals surface area contributed by atoms with Gasteiger partial charge in [-0.3, -0.25) is 10.1 Å². The molecule has 0 aliphatic heterocycles. The first-order chi connectivity index (χ1) is 9.56. The third kappa shape index (κ3) is 4.82. The molecule has 2 N–H and O–H groups in total. The Bertz CT molecular complexity index is 556. The van der Waals surface area contributed by atoms with E-state index in [1.54, 1.807) is 13.0 Å². The number of imide groups is 1. The summed E-state index contributed by atoms with van der Waals surface area (Å²) in [6.07, 6.45) is 0.355. The maximum atomic E-state index is 11.6. The minimum atomic E-state index is -0.881. The molecule has 6 nitrogen and oxygen atoms in total. The van der Waals surface area contributed by atoms with Gasteiger partial charge in [-0.15, -0.1) is 0 Å². The largest absolute Gasteiger partial charge is 0.450 e. The highest BCUT2D eigenvalue weighted by atomic mass is 16.5. The second-order valence-corrected chi connectivity index (χ2v) is 3.85. The molecule has 0 unspecified atom stereocenters. The van der Waals surface area contributed by atoms with E-state index in [-0.39, 0.29) is 12.2 Å². The van der Waals surface area contributed by atoms with Crippen molar-refractivity contribution in [1.82, 2.24) is 5.32 Å². The maximum absolute atomic E-state index is 11.6. The topological polar surface area (TPSA) is 91.2 Å². The molecule has 0 fully saturated rings. The summed E-state index contributed by atoms with van der Waals surface area (Å²) in [4.78, 5) is 22.7. The average molecular weight is 273 g/mol. The summed E-state index contributed by atoms with van der Waals surface area (Å²) in [6.45, 7) is 3.71. The number of benzene rings is 1. The zero-order chi connectivity index (χ0) is 15.0. The van der Waals surface area contributed by atoms with E-state index < -0.39 is 12.0 Å². The molecule has 104 valence electrons. The number of ether oxygens (including phenoxy) is 1. The molecule has 0 radical (unpaired) electrons. The number of nitriles is 1. The Morgan fingerprint density at radius 3 is 2.55 bits per heavy atom. The van der Waals surface area contributed by atoms with Crippen molar-refractivity contribution in [1.29, 1.82) is 5.26 Å². The van der Waals surface area contributed by atoms with E-state index in [0.717, 1.165) is 11.3 Å². The number of amides is 2. The van der Waals surface area contributed by atoms with Crippen LogP contribution in [0, 0.1) is 18.3 Å². The van der Waals surface area contributed by atoms with Gasteiger partial charge >= 0.3 is 6.09 Å². The molecular formula is C14H15N3O3. The molecular weight excluding hydrogens is 258 g/mol. The standard InChI is InChI=1S/C14H15N3O3/c1-3-20-14(19)17-13(18)11(8-15)9-16-12-6-4-10(2)5-7-12/h4-7,9,16H,3H2,1-2H3,(H,17,18,19)/b11-9-. The van der Waals surface area contributed by atoms with Gasteiger partial charge in [-0.1, -0.05) is 17.7 Å². The number of nitrogens with zero attached hydrogens (tertiary/aromatic N) is 1. The minimum absolute atomic E-state index is 0.145. The van der Waals surface area contributed by atoms with Gasteiger partial charge in [-0.05, 0) is 26.0 Å². The number of anilines is 1. The lowest BCUT2D eigenvalue weighted by Gasteiger charge is -2.04. The van der Waals surface area contributed by atoms with Gasteiger partial charge in [-0.2, -0.15) is 5.26 Å². The number of rotatable bonds is 4. The van der Waals surface area contributed by atoms with Crippen LogP contribution in [0.2, 0.25) is 0 Å². The fourth-order valence-electron chi connectivity index (χ4n) is 1.28. The summed E-state index contributed by atoms with van der Waals surface area (Å²) < 4.78 is 4.56. The molecule has 0 aliphatic rings. The second-order valence-electron chi connectivity index (χ2n) is 3.85. The van der Waals surface area contributed by atoms with Crippen molar-refractivity contribution in [2.24, 2.45) is 0 Å². The van der Waals surface area contributed by atoms with Gasteiger partial charge in [0.15, 0.2) is 0 Å². The molecule has 0 bridgehead atoms. The van der Waals surface area contributed by atoms with E-state index >= 15 is 0 Å². The lowest BCUT2D eigenvalue weighted by Crippen LogP contribution is -2.32. The van der Waals surface area contributed by atoms with Gasteiger partial charge in [0.25, 0.3) is 5.91 Å². The van der Waals surface area contributed by atoms with Crippen LogP contribution in [0.3, 0.4) is 0 Å². The zero-order valence-corrected chi connectivity index (χ0v) is 11.3. The van der Waals surface area contributed by atoms with Crippen LogP contribution in [-0.4, -0.2) is 18.6 Å². The number of aryl methyl sites for hydroxylation is 1. The van der Waals surface area contributed by atoms with Crippen LogP contribution in [0.25, 0.3) is 0 Å². The van der Waals surface area contributed by atoms with Crippen LogP contribution in [0.4, 0.5) is 10.5 Å². The van der Waals surface area contributed by atoms with Crippen LogP contribution >= 0.6 is 0 Å². The van der Waals surface area contributed by atoms with Crippen molar-refractivity contribution < 1.29 is 14.3 Å². The summed E-state index contributed by atoms with van der Waals surface area (Å²) in [5.41, 5.74) is 1.60. The zero-order valence-electron chi connectivity index (χ0n) is 11.3. The molecule has 20 heavy (non-hydrogen) atoms. The minimum Gasteiger partial charge on any atom is -0.450 e. The van der Waals surface area contributed by atoms with E-state index in [4.69, 9.17) is 5.26 Å². The number of carbonyl (C=O) groups excluding carboxylic acids is 2. The van der Waals surface area contributed by atoms with Crippen LogP contribution in [0.5, 0.6) is 0 Å². The Hall–Kier alpha value is -2.81. The van der Waals surface area contributed by atoms with Gasteiger partial charge in [0.05, 0.1) is 6.61 Å². The van der Waals surface area contributed by atoms with Crippen molar-refractivity contribution in [3.8, 4) is 6.07 Å². The van der Waals surface area contributed by atoms with E-state index in [9.17, 15) is 9.59 Å². The summed E-state index contributed by atoms with van der Waals surface area (Å²) in [5, 5.41) is 13.6. The van der Waals surface area contributed by atoms with Gasteiger partial charge in [-0.25, -0.2) is 4.79 Å². The maximum Gasteiger partial charge on any atom is 0.414 e. The Labute approximate surface area is 117 Å². The Kier molecular flexibility index (Phi) is 5.78. The third-order valence-electron chi connectivity index (χ3n) is 2.29. The van der Waals surface area contributed by atoms with Crippen molar-refractivity contribution in [3.63, 3.8) is 0 Å². The fourth-order valence-corrected chi connectivity index (χ4v) is 1.28. The van der Waals surface area contributed by atoms with Gasteiger partial charge in [0, 0.05) is 11.9 Å². The van der Waals surface area contributed by atoms with Crippen molar-refractivity contribution in [3.05, 3.63) is 41.6 Å². The normalized spacial score (nSPS) is 10.3. The van der Waals surface area contributed by atoms with Crippen molar-refractivity contribution in [2.45, 2.75) is 13.8 Å². The number of nitrogens with one attached hydrogen (secondary N) is 2. The lowest BCUT2D eigenvalue weighted by atomic mass is 10.2. The SMILES string of the molecule is CCOC(=O)NC(=O)/C(C#N)=C\Nc1ccc(C)cc1. The van der Waals surface area contributed by atoms with E-state index in [0.29, 0.717) is 0 Å². The number of hydrogen-bond donors (Lipinski definition) is 2. The molecule has 0 saturated heterocycles. The van der Waals surface area contributed by atoms with E-state index in [2.05, 4.69) is 10.1 Å². The van der Waals surface area contributed by atoms with Gasteiger partial charge < -0.3 is 10.1 Å². The first kappa shape index (κ1) is 15.2. The summed E-state index contributed by atoms with van der Waals surface area (Å²) in [7, 11) is 0. The molecule has 6 heteroatoms. The average Bonchev–Trinajstić information content (AvgIpc) is 2.41. The molecule has 0 heterocycles. The Morgan fingerprint density at radius 2 is 2.00 bits per heavy atom. The van der Waals surface area contributed by atoms with Crippen LogP contribution in [-0.2, 0) is 9.53 Å². The highest BCUT2D eigenvalue weighted by Gasteiger charge is 2.13. The van der Waals surface area contributed by atoms with Crippen molar-refractivity contribution in [2.75, 3.05) is 11.9 Å². The number of carbonyl (C=O) groups is 2. The molecule has 1 aromatic rings. The summed E-state index contributed by atoms with van der Waals surface area (Å²) in [6, 6.07) is 9.11. The van der Waals surface area contributed by atoms with Crippen LogP contribution < -0.4 is 10.6 Å². The van der Waals surface area contributed by atoms with Crippen LogP contribution in [0.1, 0.15) is 12.5 Å². The van der Waals surface area contributed by atoms with Gasteiger partial charge in [0.1, 0.15) is 11.6 Å². The molecule has 0 spiro atoms. The van der Waals surface area contributed by atoms with E-state index in [1.807, 2.05) is 36.5 Å². The number of hydrogen-bond acceptors (Lipinski definition) is 5. The molecule has 0 saturated carbocycles. The van der Waals surface area contributed by atoms with Crippen molar-refractivity contribution >= 4 is 17.7 Å². The smallest absolute Gasteiger partial charge is 0.414 e. The fraction of sp³-hybridized carbons (Fsp3) is 0.214. The first-order valence-corrected chi connectivity index (χ1v) is 5.98. The first-order valence-electron chi connectivity index (χ1n) is 5.98. The monoisotopic (exact) mass is 273 g/mol. The lowest BCUT2D eigenvalue weighted by molar-refractivity contribution is -0.116. The quantitative estimate of drug-likeness (QED) is 0.647. The highest BCUT2D eigenvalue weighted by Crippen LogP contribution is 2.09. The molecule has 0 aromatic heterocycles. The molecule has 1 rings (SSSR count). The van der Waals surface area contributed by atoms with Crippen LogP contribution in [0.15, 0.2) is 36.0 Å². The van der Waals surface area contributed by atoms with Gasteiger partial charge in [0.2, 0.25) is 0 Å². The predicted molar refractivity (Wildman–Crippen MR) is 73.7 cm³/mol. The molecule has 2 amide bonds. The third-order valence-corrected chi connectivity index (χ3v) is 2.29. The Balaban J connectivity index is 2.68. The number of alkyl carbamates (subject to hydrolysis) is 1. The second kappa shape index (κ2) is 7.59. The highest BCUT2D eigenvalue weighted by molar-refractivity contribution is 6.05.